The first-order valence-electron chi connectivity index (χ1n) is 8.61. The molecule has 0 aliphatic heterocycles. The Morgan fingerprint density at radius 2 is 1.78 bits per heavy atom. The van der Waals surface area contributed by atoms with Crippen LogP contribution in [0.1, 0.15) is 5.56 Å². The minimum absolute atomic E-state index is 0.193. The van der Waals surface area contributed by atoms with E-state index in [0.29, 0.717) is 30.2 Å². The summed E-state index contributed by atoms with van der Waals surface area (Å²) in [6.45, 7) is 1.64. The molecule has 0 amide bonds. The molecule has 2 rings (SSSR count). The van der Waals surface area contributed by atoms with Gasteiger partial charge in [-0.3, -0.25) is 0 Å². The van der Waals surface area contributed by atoms with E-state index in [9.17, 15) is 8.42 Å². The number of anilines is 1. The number of sulfonamides is 1. The number of rotatable bonds is 10. The lowest BCUT2D eigenvalue weighted by molar-refractivity contribution is 0.250. The lowest BCUT2D eigenvalue weighted by Gasteiger charge is -2.14. The second-order valence-electron chi connectivity index (χ2n) is 6.35. The van der Waals surface area contributed by atoms with Gasteiger partial charge in [0.25, 0.3) is 0 Å². The summed E-state index contributed by atoms with van der Waals surface area (Å²) in [7, 11) is 1.99. The fraction of sp³-hybridized carbons (Fsp3) is 0.368. The van der Waals surface area contributed by atoms with Gasteiger partial charge >= 0.3 is 0 Å². The molecule has 0 spiro atoms. The van der Waals surface area contributed by atoms with E-state index in [1.807, 2.05) is 37.2 Å². The highest BCUT2D eigenvalue weighted by molar-refractivity contribution is 7.89. The Balaban J connectivity index is 1.94. The normalized spacial score (nSPS) is 11.6. The van der Waals surface area contributed by atoms with Crippen LogP contribution < -0.4 is 19.9 Å². The van der Waals surface area contributed by atoms with Crippen molar-refractivity contribution in [1.29, 1.82) is 0 Å². The van der Waals surface area contributed by atoms with Gasteiger partial charge in [-0.2, -0.15) is 0 Å². The van der Waals surface area contributed by atoms with Crippen molar-refractivity contribution in [2.75, 3.05) is 46.6 Å². The van der Waals surface area contributed by atoms with Crippen molar-refractivity contribution in [2.45, 2.75) is 11.3 Å². The molecule has 27 heavy (non-hydrogen) atoms. The van der Waals surface area contributed by atoms with E-state index in [2.05, 4.69) is 4.72 Å². The third kappa shape index (κ3) is 6.42. The van der Waals surface area contributed by atoms with Gasteiger partial charge in [-0.05, 0) is 62.5 Å². The van der Waals surface area contributed by atoms with Crippen LogP contribution in [-0.4, -0.2) is 54.2 Å². The van der Waals surface area contributed by atoms with Crippen LogP contribution in [0, 0.1) is 0 Å². The van der Waals surface area contributed by atoms with Crippen molar-refractivity contribution < 1.29 is 17.9 Å². The fourth-order valence-corrected chi connectivity index (χ4v) is 3.42. The third-order valence-electron chi connectivity index (χ3n) is 3.92. The second-order valence-corrected chi connectivity index (χ2v) is 8.12. The molecule has 0 atom stereocenters. The fourth-order valence-electron chi connectivity index (χ4n) is 2.38. The number of ether oxygens (including phenoxy) is 2. The maximum atomic E-state index is 12.3. The standard InChI is InChI=1S/C19H27N3O4S/c1-22(2)12-13-26-18-9-4-15(14-19(18)25-3)10-11-21-27(23,24)17-7-5-16(20)6-8-17/h4-9,14,21H,10-13,20H2,1-3H3. The van der Waals surface area contributed by atoms with Gasteiger partial charge in [0, 0.05) is 18.8 Å². The highest BCUT2D eigenvalue weighted by Crippen LogP contribution is 2.28. The molecule has 0 unspecified atom stereocenters. The van der Waals surface area contributed by atoms with Crippen LogP contribution in [0.4, 0.5) is 5.69 Å². The summed E-state index contributed by atoms with van der Waals surface area (Å²) in [5.41, 5.74) is 7.06. The average molecular weight is 394 g/mol. The van der Waals surface area contributed by atoms with E-state index in [4.69, 9.17) is 15.2 Å². The Morgan fingerprint density at radius 1 is 1.07 bits per heavy atom. The molecule has 0 radical (unpaired) electrons. The quantitative estimate of drug-likeness (QED) is 0.597. The van der Waals surface area contributed by atoms with Crippen molar-refractivity contribution in [3.63, 3.8) is 0 Å². The van der Waals surface area contributed by atoms with Crippen molar-refractivity contribution >= 4 is 15.7 Å². The Hall–Kier alpha value is -2.29. The summed E-state index contributed by atoms with van der Waals surface area (Å²) in [5.74, 6) is 1.30. The Bertz CT molecular complexity index is 837. The number of hydrogen-bond acceptors (Lipinski definition) is 6. The molecule has 2 aromatic rings. The van der Waals surface area contributed by atoms with Gasteiger partial charge < -0.3 is 20.1 Å². The van der Waals surface area contributed by atoms with Crippen molar-refractivity contribution in [2.24, 2.45) is 0 Å². The molecule has 0 bridgehead atoms. The molecule has 0 saturated carbocycles. The molecule has 8 heteroatoms. The van der Waals surface area contributed by atoms with Crippen molar-refractivity contribution in [3.05, 3.63) is 48.0 Å². The van der Waals surface area contributed by atoms with E-state index >= 15 is 0 Å². The van der Waals surface area contributed by atoms with Gasteiger partial charge in [0.15, 0.2) is 11.5 Å². The summed E-state index contributed by atoms with van der Waals surface area (Å²) in [5, 5.41) is 0. The summed E-state index contributed by atoms with van der Waals surface area (Å²) in [6.07, 6.45) is 0.530. The molecule has 2 aromatic carbocycles. The topological polar surface area (TPSA) is 93.9 Å². The van der Waals surface area contributed by atoms with Crippen LogP contribution >= 0.6 is 0 Å². The molecular weight excluding hydrogens is 366 g/mol. The molecule has 3 N–H and O–H groups in total. The van der Waals surface area contributed by atoms with Crippen molar-refractivity contribution in [3.8, 4) is 11.5 Å². The van der Waals surface area contributed by atoms with Gasteiger partial charge in [-0.1, -0.05) is 6.07 Å². The number of nitrogen functional groups attached to an aromatic ring is 1. The van der Waals surface area contributed by atoms with Gasteiger partial charge in [-0.25, -0.2) is 13.1 Å². The molecule has 0 fully saturated rings. The zero-order valence-corrected chi connectivity index (χ0v) is 16.8. The number of benzene rings is 2. The third-order valence-corrected chi connectivity index (χ3v) is 5.40. The minimum Gasteiger partial charge on any atom is -0.493 e. The van der Waals surface area contributed by atoms with Crippen LogP contribution in [0.5, 0.6) is 11.5 Å². The van der Waals surface area contributed by atoms with E-state index in [1.54, 1.807) is 19.2 Å². The van der Waals surface area contributed by atoms with E-state index in [1.165, 1.54) is 12.1 Å². The monoisotopic (exact) mass is 393 g/mol. The predicted molar refractivity (Wildman–Crippen MR) is 107 cm³/mol. The molecule has 0 aromatic heterocycles. The number of likely N-dealkylation sites (N-methyl/N-ethyl adjacent to an activating group) is 1. The van der Waals surface area contributed by atoms with Gasteiger partial charge in [-0.15, -0.1) is 0 Å². The number of methoxy groups -OCH3 is 1. The minimum atomic E-state index is -3.56. The Kier molecular flexibility index (Phi) is 7.46. The van der Waals surface area contributed by atoms with Crippen LogP contribution in [0.2, 0.25) is 0 Å². The van der Waals surface area contributed by atoms with Gasteiger partial charge in [0.05, 0.1) is 12.0 Å². The maximum Gasteiger partial charge on any atom is 0.240 e. The number of nitrogens with two attached hydrogens (primary N) is 1. The van der Waals surface area contributed by atoms with Gasteiger partial charge in [0.2, 0.25) is 10.0 Å². The first kappa shape index (κ1) is 21.0. The molecule has 0 aliphatic carbocycles. The van der Waals surface area contributed by atoms with Crippen LogP contribution in [-0.2, 0) is 16.4 Å². The Labute approximate surface area is 161 Å². The summed E-state index contributed by atoms with van der Waals surface area (Å²) >= 11 is 0. The molecule has 7 nitrogen and oxygen atoms in total. The van der Waals surface area contributed by atoms with E-state index < -0.39 is 10.0 Å². The van der Waals surface area contributed by atoms with Gasteiger partial charge in [0.1, 0.15) is 6.61 Å². The summed E-state index contributed by atoms with van der Waals surface area (Å²) in [4.78, 5) is 2.23. The predicted octanol–water partition coefficient (Wildman–Crippen LogP) is 1.74. The van der Waals surface area contributed by atoms with Crippen LogP contribution in [0.25, 0.3) is 0 Å². The lowest BCUT2D eigenvalue weighted by Crippen LogP contribution is -2.26. The largest absolute Gasteiger partial charge is 0.493 e. The van der Waals surface area contributed by atoms with Crippen molar-refractivity contribution in [1.82, 2.24) is 9.62 Å². The molecule has 0 saturated heterocycles. The zero-order valence-electron chi connectivity index (χ0n) is 15.9. The summed E-state index contributed by atoms with van der Waals surface area (Å²) in [6, 6.07) is 11.7. The summed E-state index contributed by atoms with van der Waals surface area (Å²) < 4.78 is 38.3. The molecule has 0 heterocycles. The van der Waals surface area contributed by atoms with E-state index in [-0.39, 0.29) is 11.4 Å². The molecular formula is C19H27N3O4S. The van der Waals surface area contributed by atoms with Crippen LogP contribution in [0.3, 0.4) is 0 Å². The highest BCUT2D eigenvalue weighted by atomic mass is 32.2. The highest BCUT2D eigenvalue weighted by Gasteiger charge is 2.13. The first-order valence-corrected chi connectivity index (χ1v) is 10.1. The molecule has 0 aliphatic rings. The number of hydrogen-bond donors (Lipinski definition) is 2. The maximum absolute atomic E-state index is 12.3. The lowest BCUT2D eigenvalue weighted by atomic mass is 10.1. The number of nitrogens with one attached hydrogen (secondary N) is 1. The Morgan fingerprint density at radius 3 is 2.41 bits per heavy atom. The van der Waals surface area contributed by atoms with E-state index in [0.717, 1.165) is 12.1 Å². The molecule has 148 valence electrons. The number of nitrogens with zero attached hydrogens (tertiary/aromatic N) is 1. The zero-order chi connectivity index (χ0) is 19.9. The SMILES string of the molecule is COc1cc(CCNS(=O)(=O)c2ccc(N)cc2)ccc1OCCN(C)C. The second kappa shape index (κ2) is 9.59. The van der Waals surface area contributed by atoms with Crippen LogP contribution in [0.15, 0.2) is 47.4 Å². The first-order chi connectivity index (χ1) is 12.8. The smallest absolute Gasteiger partial charge is 0.240 e. The average Bonchev–Trinajstić information content (AvgIpc) is 2.62.